The third kappa shape index (κ3) is 3.71. The molecule has 1 aromatic heterocycles. The lowest BCUT2D eigenvalue weighted by Gasteiger charge is -2.07. The van der Waals surface area contributed by atoms with Gasteiger partial charge in [0.25, 0.3) is 0 Å². The van der Waals surface area contributed by atoms with E-state index < -0.39 is 11.8 Å². The Labute approximate surface area is 119 Å². The lowest BCUT2D eigenvalue weighted by Crippen LogP contribution is -1.99. The van der Waals surface area contributed by atoms with Gasteiger partial charge in [0, 0.05) is 28.1 Å². The van der Waals surface area contributed by atoms with E-state index in [2.05, 4.69) is 5.32 Å². The second-order valence-electron chi connectivity index (χ2n) is 4.14. The van der Waals surface area contributed by atoms with Crippen LogP contribution in [-0.4, -0.2) is 18.2 Å². The van der Waals surface area contributed by atoms with Crippen LogP contribution in [0.2, 0.25) is 0 Å². The largest absolute Gasteiger partial charge is 0.494 e. The summed E-state index contributed by atoms with van der Waals surface area (Å²) in [5, 5.41) is 11.8. The van der Waals surface area contributed by atoms with Gasteiger partial charge in [-0.1, -0.05) is 0 Å². The van der Waals surface area contributed by atoms with Crippen molar-refractivity contribution in [3.8, 4) is 5.75 Å². The predicted octanol–water partition coefficient (Wildman–Crippen LogP) is 3.14. The Hall–Kier alpha value is -2.08. The molecule has 0 radical (unpaired) electrons. The van der Waals surface area contributed by atoms with Gasteiger partial charge in [0.1, 0.15) is 0 Å². The van der Waals surface area contributed by atoms with E-state index in [1.165, 1.54) is 24.5 Å². The van der Waals surface area contributed by atoms with Crippen LogP contribution in [0.4, 0.5) is 10.1 Å². The van der Waals surface area contributed by atoms with Gasteiger partial charge in [0.15, 0.2) is 11.6 Å². The lowest BCUT2D eigenvalue weighted by atomic mass is 10.3. The van der Waals surface area contributed by atoms with Crippen molar-refractivity contribution in [2.45, 2.75) is 13.0 Å². The summed E-state index contributed by atoms with van der Waals surface area (Å²) < 4.78 is 18.3. The number of nitrogens with one attached hydrogen (secondary N) is 1. The Balaban J connectivity index is 1.96. The van der Waals surface area contributed by atoms with Gasteiger partial charge in [0.2, 0.25) is 0 Å². The van der Waals surface area contributed by atoms with Crippen LogP contribution in [0.15, 0.2) is 30.3 Å². The van der Waals surface area contributed by atoms with Crippen molar-refractivity contribution < 1.29 is 19.0 Å². The molecular formula is C14H14FNO3S. The highest BCUT2D eigenvalue weighted by Gasteiger charge is 2.06. The van der Waals surface area contributed by atoms with Crippen molar-refractivity contribution in [3.05, 3.63) is 45.9 Å². The molecule has 0 fully saturated rings. The van der Waals surface area contributed by atoms with Crippen LogP contribution in [0.3, 0.4) is 0 Å². The highest BCUT2D eigenvalue weighted by Crippen LogP contribution is 2.22. The fourth-order valence-electron chi connectivity index (χ4n) is 1.73. The maximum atomic E-state index is 13.5. The van der Waals surface area contributed by atoms with Gasteiger partial charge < -0.3 is 15.2 Å². The average molecular weight is 295 g/mol. The van der Waals surface area contributed by atoms with E-state index in [-0.39, 0.29) is 12.2 Å². The van der Waals surface area contributed by atoms with Gasteiger partial charge in [0.05, 0.1) is 13.5 Å². The number of anilines is 1. The Morgan fingerprint density at radius 3 is 2.75 bits per heavy atom. The molecule has 20 heavy (non-hydrogen) atoms. The number of halogens is 1. The number of ether oxygens (including phenoxy) is 1. The molecule has 106 valence electrons. The van der Waals surface area contributed by atoms with Crippen LogP contribution >= 0.6 is 11.3 Å². The minimum atomic E-state index is -0.844. The first-order valence-electron chi connectivity index (χ1n) is 5.95. The summed E-state index contributed by atoms with van der Waals surface area (Å²) >= 11 is 1.43. The number of carbonyl (C=O) groups is 1. The van der Waals surface area contributed by atoms with Crippen LogP contribution in [0, 0.1) is 5.82 Å². The van der Waals surface area contributed by atoms with E-state index in [0.717, 1.165) is 9.75 Å². The minimum absolute atomic E-state index is 0.0296. The first-order valence-corrected chi connectivity index (χ1v) is 6.77. The lowest BCUT2D eigenvalue weighted by molar-refractivity contribution is -0.136. The van der Waals surface area contributed by atoms with Crippen molar-refractivity contribution in [2.24, 2.45) is 0 Å². The van der Waals surface area contributed by atoms with Gasteiger partial charge in [-0.05, 0) is 24.3 Å². The zero-order valence-electron chi connectivity index (χ0n) is 10.9. The molecule has 2 aromatic rings. The van der Waals surface area contributed by atoms with E-state index in [4.69, 9.17) is 9.84 Å². The molecule has 0 bridgehead atoms. The first-order chi connectivity index (χ1) is 9.58. The molecule has 1 aromatic carbocycles. The number of methoxy groups -OCH3 is 1. The molecule has 0 unspecified atom stereocenters. The Bertz CT molecular complexity index is 612. The molecule has 0 aliphatic heterocycles. The van der Waals surface area contributed by atoms with E-state index in [9.17, 15) is 9.18 Å². The van der Waals surface area contributed by atoms with Crippen molar-refractivity contribution >= 4 is 23.0 Å². The minimum Gasteiger partial charge on any atom is -0.494 e. The topological polar surface area (TPSA) is 58.6 Å². The molecule has 0 spiro atoms. The summed E-state index contributed by atoms with van der Waals surface area (Å²) in [6.45, 7) is 0.524. The normalized spacial score (nSPS) is 10.3. The second-order valence-corrected chi connectivity index (χ2v) is 5.39. The third-order valence-electron chi connectivity index (χ3n) is 2.66. The molecular weight excluding hydrogens is 281 g/mol. The Kier molecular flexibility index (Phi) is 4.57. The summed E-state index contributed by atoms with van der Waals surface area (Å²) in [6.07, 6.45) is 0.0296. The van der Waals surface area contributed by atoms with Crippen LogP contribution in [0.5, 0.6) is 5.75 Å². The Morgan fingerprint density at radius 2 is 2.10 bits per heavy atom. The van der Waals surface area contributed by atoms with Crippen molar-refractivity contribution in [1.82, 2.24) is 0 Å². The van der Waals surface area contributed by atoms with Gasteiger partial charge in [-0.3, -0.25) is 4.79 Å². The summed E-state index contributed by atoms with van der Waals surface area (Å²) in [5.41, 5.74) is 0.650. The predicted molar refractivity (Wildman–Crippen MR) is 75.9 cm³/mol. The van der Waals surface area contributed by atoms with Crippen LogP contribution in [0.1, 0.15) is 9.75 Å². The number of carboxylic acid groups (broad SMARTS) is 1. The molecule has 4 nitrogen and oxygen atoms in total. The van der Waals surface area contributed by atoms with E-state index in [1.807, 2.05) is 6.07 Å². The highest BCUT2D eigenvalue weighted by molar-refractivity contribution is 7.12. The zero-order valence-corrected chi connectivity index (χ0v) is 11.7. The fourth-order valence-corrected chi connectivity index (χ4v) is 2.68. The van der Waals surface area contributed by atoms with Crippen LogP contribution < -0.4 is 10.1 Å². The summed E-state index contributed by atoms with van der Waals surface area (Å²) in [7, 11) is 1.42. The molecule has 2 N–H and O–H groups in total. The summed E-state index contributed by atoms with van der Waals surface area (Å²) in [4.78, 5) is 12.4. The molecule has 2 rings (SSSR count). The second kappa shape index (κ2) is 6.38. The van der Waals surface area contributed by atoms with Gasteiger partial charge in [-0.2, -0.15) is 0 Å². The molecule has 0 saturated carbocycles. The number of thiophene rings is 1. The van der Waals surface area contributed by atoms with Gasteiger partial charge in [-0.25, -0.2) is 4.39 Å². The molecule has 0 atom stereocenters. The van der Waals surface area contributed by atoms with Gasteiger partial charge in [-0.15, -0.1) is 11.3 Å². The SMILES string of the molecule is COc1ccc(NCc2ccc(CC(=O)O)s2)cc1F. The van der Waals surface area contributed by atoms with Crippen molar-refractivity contribution in [2.75, 3.05) is 12.4 Å². The van der Waals surface area contributed by atoms with E-state index in [1.54, 1.807) is 18.2 Å². The molecule has 0 amide bonds. The number of rotatable bonds is 6. The third-order valence-corrected chi connectivity index (χ3v) is 3.75. The van der Waals surface area contributed by atoms with Crippen LogP contribution in [-0.2, 0) is 17.8 Å². The maximum absolute atomic E-state index is 13.5. The van der Waals surface area contributed by atoms with Gasteiger partial charge >= 0.3 is 5.97 Å². The number of carboxylic acids is 1. The number of aliphatic carboxylic acids is 1. The average Bonchev–Trinajstić information content (AvgIpc) is 2.83. The number of hydrogen-bond donors (Lipinski definition) is 2. The quantitative estimate of drug-likeness (QED) is 0.859. The fraction of sp³-hybridized carbons (Fsp3) is 0.214. The highest BCUT2D eigenvalue weighted by atomic mass is 32.1. The zero-order chi connectivity index (χ0) is 14.5. The molecule has 0 aliphatic rings. The first kappa shape index (κ1) is 14.3. The monoisotopic (exact) mass is 295 g/mol. The molecule has 1 heterocycles. The molecule has 6 heteroatoms. The Morgan fingerprint density at radius 1 is 1.35 bits per heavy atom. The van der Waals surface area contributed by atoms with E-state index in [0.29, 0.717) is 12.2 Å². The standard InChI is InChI=1S/C14H14FNO3S/c1-19-13-5-2-9(6-12(13)15)16-8-11-4-3-10(20-11)7-14(17)18/h2-6,16H,7-8H2,1H3,(H,17,18). The summed E-state index contributed by atoms with van der Waals surface area (Å²) in [6, 6.07) is 8.32. The molecule has 0 aliphatic carbocycles. The smallest absolute Gasteiger partial charge is 0.308 e. The number of hydrogen-bond acceptors (Lipinski definition) is 4. The number of benzene rings is 1. The van der Waals surface area contributed by atoms with Crippen molar-refractivity contribution in [3.63, 3.8) is 0 Å². The van der Waals surface area contributed by atoms with Crippen molar-refractivity contribution in [1.29, 1.82) is 0 Å². The summed E-state index contributed by atoms with van der Waals surface area (Å²) in [5.74, 6) is -1.06. The van der Waals surface area contributed by atoms with Crippen LogP contribution in [0.25, 0.3) is 0 Å². The van der Waals surface area contributed by atoms with E-state index >= 15 is 0 Å². The molecule has 0 saturated heterocycles. The maximum Gasteiger partial charge on any atom is 0.308 e.